The largest absolute Gasteiger partial charge is 0.0633 e. The van der Waals surface area contributed by atoms with Gasteiger partial charge in [-0.3, -0.25) is 0 Å². The van der Waals surface area contributed by atoms with Crippen LogP contribution in [0.15, 0.2) is 22.8 Å². The van der Waals surface area contributed by atoms with Gasteiger partial charge in [0.2, 0.25) is 0 Å². The lowest BCUT2D eigenvalue weighted by Gasteiger charge is -2.11. The first-order chi connectivity index (χ1) is 5.74. The van der Waals surface area contributed by atoms with E-state index >= 15 is 0 Å². The second kappa shape index (κ2) is 3.93. The van der Waals surface area contributed by atoms with Gasteiger partial charge in [-0.15, -0.1) is 0 Å². The Morgan fingerprint density at radius 1 is 1.08 bits per heavy atom. The molecule has 0 amide bonds. The summed E-state index contributed by atoms with van der Waals surface area (Å²) in [5, 5.41) is 0. The summed E-state index contributed by atoms with van der Waals surface area (Å²) in [5.41, 5.74) is 4.90. The molecular formula is C12H20. The highest BCUT2D eigenvalue weighted by Crippen LogP contribution is 2.36. The zero-order valence-corrected chi connectivity index (χ0v) is 8.78. The summed E-state index contributed by atoms with van der Waals surface area (Å²) < 4.78 is 0. The molecule has 0 aliphatic heterocycles. The molecule has 0 aromatic heterocycles. The van der Waals surface area contributed by atoms with Crippen LogP contribution < -0.4 is 0 Å². The Bertz CT molecular complexity index is 218. The Labute approximate surface area is 76.4 Å². The average molecular weight is 164 g/mol. The van der Waals surface area contributed by atoms with E-state index < -0.39 is 0 Å². The summed E-state index contributed by atoms with van der Waals surface area (Å²) >= 11 is 0. The number of rotatable bonds is 3. The normalized spacial score (nSPS) is 23.3. The maximum atomic E-state index is 2.42. The monoisotopic (exact) mass is 164 g/mol. The summed E-state index contributed by atoms with van der Waals surface area (Å²) in [5.74, 6) is 0.731. The third kappa shape index (κ3) is 1.48. The van der Waals surface area contributed by atoms with Crippen LogP contribution in [0.1, 0.15) is 47.0 Å². The smallest absolute Gasteiger partial charge is 0.00126 e. The van der Waals surface area contributed by atoms with E-state index in [9.17, 15) is 0 Å². The van der Waals surface area contributed by atoms with Gasteiger partial charge in [0.1, 0.15) is 0 Å². The van der Waals surface area contributed by atoms with Crippen molar-refractivity contribution in [3.05, 3.63) is 22.8 Å². The molecule has 1 aliphatic carbocycles. The van der Waals surface area contributed by atoms with Crippen molar-refractivity contribution in [2.45, 2.75) is 47.0 Å². The fraction of sp³-hybridized carbons (Fsp3) is 0.667. The van der Waals surface area contributed by atoms with E-state index in [0.29, 0.717) is 0 Å². The molecule has 12 heavy (non-hydrogen) atoms. The van der Waals surface area contributed by atoms with Crippen LogP contribution in [-0.2, 0) is 0 Å². The molecule has 0 heterocycles. The molecule has 1 unspecified atom stereocenters. The van der Waals surface area contributed by atoms with Gasteiger partial charge >= 0.3 is 0 Å². The van der Waals surface area contributed by atoms with Crippen molar-refractivity contribution in [2.24, 2.45) is 5.92 Å². The lowest BCUT2D eigenvalue weighted by molar-refractivity contribution is 0.742. The molecule has 68 valence electrons. The van der Waals surface area contributed by atoms with E-state index in [4.69, 9.17) is 0 Å². The second-order valence-corrected chi connectivity index (χ2v) is 3.55. The molecule has 1 rings (SSSR count). The summed E-state index contributed by atoms with van der Waals surface area (Å²) in [7, 11) is 0. The predicted molar refractivity (Wildman–Crippen MR) is 55.1 cm³/mol. The van der Waals surface area contributed by atoms with Gasteiger partial charge < -0.3 is 0 Å². The molecule has 1 atom stereocenters. The van der Waals surface area contributed by atoms with Crippen molar-refractivity contribution < 1.29 is 0 Å². The van der Waals surface area contributed by atoms with Crippen LogP contribution in [0, 0.1) is 5.92 Å². The molecule has 0 radical (unpaired) electrons. The minimum Gasteiger partial charge on any atom is -0.0633 e. The van der Waals surface area contributed by atoms with Gasteiger partial charge in [-0.2, -0.15) is 0 Å². The van der Waals surface area contributed by atoms with Crippen LogP contribution in [0.2, 0.25) is 0 Å². The summed E-state index contributed by atoms with van der Waals surface area (Å²) in [6.07, 6.45) is 6.07. The van der Waals surface area contributed by atoms with Crippen molar-refractivity contribution in [1.29, 1.82) is 0 Å². The highest BCUT2D eigenvalue weighted by atomic mass is 14.2. The highest BCUT2D eigenvalue weighted by Gasteiger charge is 2.19. The third-order valence-corrected chi connectivity index (χ3v) is 3.02. The second-order valence-electron chi connectivity index (χ2n) is 3.55. The van der Waals surface area contributed by atoms with Crippen LogP contribution in [-0.4, -0.2) is 0 Å². The Balaban J connectivity index is 2.87. The van der Waals surface area contributed by atoms with Crippen LogP contribution in [0.4, 0.5) is 0 Å². The highest BCUT2D eigenvalue weighted by molar-refractivity contribution is 5.41. The first kappa shape index (κ1) is 9.57. The molecule has 0 heteroatoms. The zero-order chi connectivity index (χ0) is 9.14. The summed E-state index contributed by atoms with van der Waals surface area (Å²) in [6.45, 7) is 9.13. The molecule has 0 saturated heterocycles. The van der Waals surface area contributed by atoms with Crippen LogP contribution in [0.25, 0.3) is 0 Å². The average Bonchev–Trinajstić information content (AvgIpc) is 2.41. The standard InChI is InChI=1S/C12H20/c1-5-10-8-11(6-2)12(7-3)9(10)4/h8-9H,5-7H2,1-4H3. The van der Waals surface area contributed by atoms with Crippen molar-refractivity contribution in [2.75, 3.05) is 0 Å². The Hall–Kier alpha value is -0.520. The van der Waals surface area contributed by atoms with Gasteiger partial charge in [-0.05, 0) is 30.8 Å². The third-order valence-electron chi connectivity index (χ3n) is 3.02. The van der Waals surface area contributed by atoms with Gasteiger partial charge in [-0.1, -0.05) is 44.9 Å². The van der Waals surface area contributed by atoms with Gasteiger partial charge in [0.15, 0.2) is 0 Å². The van der Waals surface area contributed by atoms with Gasteiger partial charge in [0.05, 0.1) is 0 Å². The minimum absolute atomic E-state index is 0.731. The number of hydrogen-bond donors (Lipinski definition) is 0. The lowest BCUT2D eigenvalue weighted by Crippen LogP contribution is -1.97. The van der Waals surface area contributed by atoms with Crippen molar-refractivity contribution in [3.63, 3.8) is 0 Å². The van der Waals surface area contributed by atoms with Crippen molar-refractivity contribution in [1.82, 2.24) is 0 Å². The fourth-order valence-electron chi connectivity index (χ4n) is 2.21. The molecule has 0 bridgehead atoms. The van der Waals surface area contributed by atoms with Crippen LogP contribution >= 0.6 is 0 Å². The lowest BCUT2D eigenvalue weighted by atomic mass is 9.93. The topological polar surface area (TPSA) is 0 Å². The van der Waals surface area contributed by atoms with Gasteiger partial charge in [0, 0.05) is 0 Å². The first-order valence-corrected chi connectivity index (χ1v) is 5.16. The van der Waals surface area contributed by atoms with Crippen LogP contribution in [0.3, 0.4) is 0 Å². The van der Waals surface area contributed by atoms with Gasteiger partial charge in [-0.25, -0.2) is 0 Å². The minimum atomic E-state index is 0.731. The summed E-state index contributed by atoms with van der Waals surface area (Å²) in [6, 6.07) is 0. The molecule has 0 fully saturated rings. The van der Waals surface area contributed by atoms with E-state index in [1.165, 1.54) is 19.3 Å². The molecular weight excluding hydrogens is 144 g/mol. The summed E-state index contributed by atoms with van der Waals surface area (Å²) in [4.78, 5) is 0. The molecule has 0 saturated carbocycles. The molecule has 0 aromatic carbocycles. The molecule has 1 aliphatic rings. The van der Waals surface area contributed by atoms with E-state index in [2.05, 4.69) is 33.8 Å². The molecule has 0 nitrogen and oxygen atoms in total. The molecule has 0 N–H and O–H groups in total. The Morgan fingerprint density at radius 3 is 2.08 bits per heavy atom. The zero-order valence-electron chi connectivity index (χ0n) is 8.78. The number of allylic oxidation sites excluding steroid dienone is 4. The van der Waals surface area contributed by atoms with Gasteiger partial charge in [0.25, 0.3) is 0 Å². The molecule has 0 aromatic rings. The van der Waals surface area contributed by atoms with Crippen LogP contribution in [0.5, 0.6) is 0 Å². The van der Waals surface area contributed by atoms with Crippen molar-refractivity contribution >= 4 is 0 Å². The van der Waals surface area contributed by atoms with E-state index in [1.54, 1.807) is 16.7 Å². The fourth-order valence-corrected chi connectivity index (χ4v) is 2.21. The quantitative estimate of drug-likeness (QED) is 0.589. The van der Waals surface area contributed by atoms with E-state index in [0.717, 1.165) is 5.92 Å². The maximum absolute atomic E-state index is 2.42. The van der Waals surface area contributed by atoms with E-state index in [1.807, 2.05) is 0 Å². The predicted octanol–water partition coefficient (Wildman–Crippen LogP) is 4.09. The Kier molecular flexibility index (Phi) is 3.13. The maximum Gasteiger partial charge on any atom is -0.00126 e. The SMILES string of the molecule is CCC1=CC(CC)=C(CC)C1C. The van der Waals surface area contributed by atoms with Crippen molar-refractivity contribution in [3.8, 4) is 0 Å². The Morgan fingerprint density at radius 2 is 1.75 bits per heavy atom. The first-order valence-electron chi connectivity index (χ1n) is 5.16. The van der Waals surface area contributed by atoms with E-state index in [-0.39, 0.29) is 0 Å². The number of hydrogen-bond acceptors (Lipinski definition) is 0. The molecule has 0 spiro atoms.